The van der Waals surface area contributed by atoms with Crippen molar-refractivity contribution in [2.45, 2.75) is 37.8 Å². The maximum atomic E-state index is 14.5. The molecule has 1 saturated heterocycles. The molecule has 0 amide bonds. The first-order valence-electron chi connectivity index (χ1n) is 8.33. The summed E-state index contributed by atoms with van der Waals surface area (Å²) in [5, 5.41) is 18.1. The molecule has 0 bridgehead atoms. The van der Waals surface area contributed by atoms with Gasteiger partial charge in [-0.2, -0.15) is 5.10 Å². The monoisotopic (exact) mass is 348 g/mol. The molecular formula is C18H22F2N4O. The quantitative estimate of drug-likeness (QED) is 0.815. The number of nitrogens with one attached hydrogen (secondary N) is 1. The largest absolute Gasteiger partial charge is 0.383 e. The molecule has 2 heterocycles. The Bertz CT molecular complexity index is 740. The maximum absolute atomic E-state index is 14.5. The summed E-state index contributed by atoms with van der Waals surface area (Å²) < 4.78 is 27.8. The molecule has 25 heavy (non-hydrogen) atoms. The molecular weight excluding hydrogens is 326 g/mol. The zero-order valence-corrected chi connectivity index (χ0v) is 14.2. The van der Waals surface area contributed by atoms with Crippen LogP contribution in [-0.2, 0) is 12.0 Å². The summed E-state index contributed by atoms with van der Waals surface area (Å²) in [5.41, 5.74) is -0.358. The van der Waals surface area contributed by atoms with Crippen LogP contribution < -0.4 is 0 Å². The van der Waals surface area contributed by atoms with Crippen molar-refractivity contribution in [3.63, 3.8) is 0 Å². The highest BCUT2D eigenvalue weighted by Crippen LogP contribution is 2.35. The number of aliphatic hydroxyl groups is 1. The maximum Gasteiger partial charge on any atom is 0.153 e. The van der Waals surface area contributed by atoms with Crippen molar-refractivity contribution in [3.8, 4) is 0 Å². The van der Waals surface area contributed by atoms with E-state index in [-0.39, 0.29) is 12.0 Å². The van der Waals surface area contributed by atoms with E-state index >= 15 is 0 Å². The number of H-pyrrole nitrogens is 1. The van der Waals surface area contributed by atoms with Gasteiger partial charge in [-0.25, -0.2) is 13.8 Å². The van der Waals surface area contributed by atoms with Crippen LogP contribution in [0.5, 0.6) is 0 Å². The first-order chi connectivity index (χ1) is 11.9. The van der Waals surface area contributed by atoms with Crippen molar-refractivity contribution in [2.24, 2.45) is 0 Å². The molecule has 5 nitrogen and oxygen atoms in total. The lowest BCUT2D eigenvalue weighted by Gasteiger charge is -2.43. The Kier molecular flexibility index (Phi) is 4.96. The van der Waals surface area contributed by atoms with Gasteiger partial charge in [0.25, 0.3) is 0 Å². The lowest BCUT2D eigenvalue weighted by atomic mass is 9.82. The van der Waals surface area contributed by atoms with Gasteiger partial charge in [0.05, 0.1) is 0 Å². The molecule has 0 spiro atoms. The molecule has 134 valence electrons. The van der Waals surface area contributed by atoms with E-state index in [4.69, 9.17) is 0 Å². The van der Waals surface area contributed by atoms with E-state index in [0.717, 1.165) is 38.1 Å². The zero-order chi connectivity index (χ0) is 18.0. The zero-order valence-electron chi connectivity index (χ0n) is 14.2. The van der Waals surface area contributed by atoms with E-state index in [9.17, 15) is 13.9 Å². The van der Waals surface area contributed by atoms with Crippen molar-refractivity contribution in [2.75, 3.05) is 13.1 Å². The fraction of sp³-hybridized carbons (Fsp3) is 0.444. The summed E-state index contributed by atoms with van der Waals surface area (Å²) in [6.07, 6.45) is 3.12. The first kappa shape index (κ1) is 17.7. The van der Waals surface area contributed by atoms with Crippen molar-refractivity contribution in [3.05, 3.63) is 59.7 Å². The Morgan fingerprint density at radius 3 is 2.68 bits per heavy atom. The van der Waals surface area contributed by atoms with Crippen LogP contribution in [0.2, 0.25) is 0 Å². The smallest absolute Gasteiger partial charge is 0.153 e. The molecule has 1 fully saturated rings. The highest BCUT2D eigenvalue weighted by atomic mass is 19.1. The average molecular weight is 348 g/mol. The van der Waals surface area contributed by atoms with Crippen molar-refractivity contribution in [1.82, 2.24) is 20.1 Å². The third-order valence-electron chi connectivity index (χ3n) is 5.03. The van der Waals surface area contributed by atoms with E-state index in [1.165, 1.54) is 18.0 Å². The number of nitrogens with zero attached hydrogens (tertiary/aromatic N) is 3. The lowest BCUT2D eigenvalue weighted by molar-refractivity contribution is -0.0521. The molecule has 0 saturated carbocycles. The van der Waals surface area contributed by atoms with E-state index in [2.05, 4.69) is 26.7 Å². The first-order valence-corrected chi connectivity index (χ1v) is 8.33. The highest BCUT2D eigenvalue weighted by molar-refractivity contribution is 5.28. The van der Waals surface area contributed by atoms with Crippen LogP contribution in [0, 0.1) is 11.6 Å². The fourth-order valence-corrected chi connectivity index (χ4v) is 3.40. The number of aromatic nitrogens is 3. The predicted octanol–water partition coefficient (Wildman–Crippen LogP) is 2.55. The van der Waals surface area contributed by atoms with Gasteiger partial charge < -0.3 is 5.11 Å². The summed E-state index contributed by atoms with van der Waals surface area (Å²) in [7, 11) is 0. The summed E-state index contributed by atoms with van der Waals surface area (Å²) in [5.74, 6) is -1.07. The third-order valence-corrected chi connectivity index (χ3v) is 5.03. The van der Waals surface area contributed by atoms with Crippen LogP contribution in [0.3, 0.4) is 0 Å². The third kappa shape index (κ3) is 3.62. The van der Waals surface area contributed by atoms with E-state index in [0.29, 0.717) is 5.82 Å². The highest BCUT2D eigenvalue weighted by Gasteiger charge is 2.42. The number of halogens is 2. The SMILES string of the molecule is C=C1CCN([C@H](C)[C@@](O)(Cc2nc[nH]n2)c2ccc(F)cc2F)CC1. The normalized spacial score (nSPS) is 19.6. The van der Waals surface area contributed by atoms with Gasteiger partial charge >= 0.3 is 0 Å². The molecule has 0 radical (unpaired) electrons. The van der Waals surface area contributed by atoms with Gasteiger partial charge in [-0.05, 0) is 25.8 Å². The average Bonchev–Trinajstić information content (AvgIpc) is 3.07. The number of hydrogen-bond donors (Lipinski definition) is 2. The van der Waals surface area contributed by atoms with E-state index < -0.39 is 23.3 Å². The number of benzene rings is 1. The van der Waals surface area contributed by atoms with Crippen molar-refractivity contribution in [1.29, 1.82) is 0 Å². The standard InChI is InChI=1S/C18H22F2N4O/c1-12-5-7-24(8-6-12)13(2)18(25,10-17-21-11-22-23-17)15-4-3-14(19)9-16(15)20/h3-4,9,11,13,25H,1,5-8,10H2,2H3,(H,21,22,23)/t13-,18+/m1/s1. The number of aromatic amines is 1. The van der Waals surface area contributed by atoms with E-state index in [1.54, 1.807) is 0 Å². The number of piperidine rings is 1. The van der Waals surface area contributed by atoms with Crippen LogP contribution in [0.25, 0.3) is 0 Å². The minimum atomic E-state index is -1.58. The molecule has 3 rings (SSSR count). The van der Waals surface area contributed by atoms with Crippen molar-refractivity contribution < 1.29 is 13.9 Å². The number of rotatable bonds is 5. The summed E-state index contributed by atoms with van der Waals surface area (Å²) in [6, 6.07) is 2.85. The number of likely N-dealkylation sites (tertiary alicyclic amines) is 1. The Labute approximate surface area is 145 Å². The lowest BCUT2D eigenvalue weighted by Crippen LogP contribution is -2.52. The topological polar surface area (TPSA) is 65.0 Å². The van der Waals surface area contributed by atoms with Gasteiger partial charge in [-0.1, -0.05) is 18.2 Å². The van der Waals surface area contributed by atoms with Gasteiger partial charge in [0.2, 0.25) is 0 Å². The van der Waals surface area contributed by atoms with Gasteiger partial charge in [0.1, 0.15) is 23.6 Å². The molecule has 2 N–H and O–H groups in total. The molecule has 0 aliphatic carbocycles. The second kappa shape index (κ2) is 7.01. The second-order valence-electron chi connectivity index (χ2n) is 6.60. The van der Waals surface area contributed by atoms with Crippen LogP contribution in [0.15, 0.2) is 36.7 Å². The van der Waals surface area contributed by atoms with Gasteiger partial charge in [-0.15, -0.1) is 0 Å². The molecule has 1 aliphatic rings. The van der Waals surface area contributed by atoms with Crippen LogP contribution in [0.1, 0.15) is 31.2 Å². The Balaban J connectivity index is 1.97. The Morgan fingerprint density at radius 1 is 1.36 bits per heavy atom. The molecule has 0 unspecified atom stereocenters. The van der Waals surface area contributed by atoms with Gasteiger partial charge in [0.15, 0.2) is 5.82 Å². The summed E-state index contributed by atoms with van der Waals surface area (Å²) in [4.78, 5) is 6.16. The van der Waals surface area contributed by atoms with Gasteiger partial charge in [0, 0.05) is 37.2 Å². The van der Waals surface area contributed by atoms with Crippen LogP contribution in [0.4, 0.5) is 8.78 Å². The summed E-state index contributed by atoms with van der Waals surface area (Å²) >= 11 is 0. The Hall–Kier alpha value is -2.12. The minimum absolute atomic E-state index is 0.0255. The summed E-state index contributed by atoms with van der Waals surface area (Å²) in [6.45, 7) is 7.32. The van der Waals surface area contributed by atoms with Crippen LogP contribution in [-0.4, -0.2) is 44.3 Å². The molecule has 1 aromatic carbocycles. The number of hydrogen-bond acceptors (Lipinski definition) is 4. The Morgan fingerprint density at radius 2 is 2.08 bits per heavy atom. The molecule has 1 aromatic heterocycles. The second-order valence-corrected chi connectivity index (χ2v) is 6.60. The minimum Gasteiger partial charge on any atom is -0.383 e. The molecule has 2 atom stereocenters. The van der Waals surface area contributed by atoms with Gasteiger partial charge in [-0.3, -0.25) is 10.00 Å². The van der Waals surface area contributed by atoms with Crippen molar-refractivity contribution >= 4 is 0 Å². The fourth-order valence-electron chi connectivity index (χ4n) is 3.40. The molecule has 7 heteroatoms. The molecule has 1 aliphatic heterocycles. The van der Waals surface area contributed by atoms with Crippen LogP contribution >= 0.6 is 0 Å². The molecule has 2 aromatic rings. The van der Waals surface area contributed by atoms with E-state index in [1.807, 2.05) is 6.92 Å². The predicted molar refractivity (Wildman–Crippen MR) is 89.8 cm³/mol.